The first kappa shape index (κ1) is 17.3. The van der Waals surface area contributed by atoms with Crippen molar-refractivity contribution in [1.29, 1.82) is 5.26 Å². The topological polar surface area (TPSA) is 82.3 Å². The molecule has 0 saturated heterocycles. The van der Waals surface area contributed by atoms with E-state index in [0.717, 1.165) is 6.07 Å². The van der Waals surface area contributed by atoms with Crippen molar-refractivity contribution in [2.45, 2.75) is 0 Å². The third-order valence-electron chi connectivity index (χ3n) is 3.06. The number of hydrogen-bond acceptors (Lipinski definition) is 4. The van der Waals surface area contributed by atoms with Crippen LogP contribution in [0.4, 0.5) is 10.1 Å². The molecule has 0 spiro atoms. The Morgan fingerprint density at radius 3 is 2.71 bits per heavy atom. The number of phenols is 1. The molecule has 2 N–H and O–H groups in total. The quantitative estimate of drug-likeness (QED) is 0.652. The van der Waals surface area contributed by atoms with Crippen LogP contribution in [0, 0.1) is 17.1 Å². The number of rotatable bonds is 4. The lowest BCUT2D eigenvalue weighted by Gasteiger charge is -2.06. The van der Waals surface area contributed by atoms with Crippen molar-refractivity contribution in [1.82, 2.24) is 0 Å². The van der Waals surface area contributed by atoms with E-state index in [1.165, 1.54) is 37.5 Å². The highest BCUT2D eigenvalue weighted by atomic mass is 35.5. The number of nitriles is 1. The predicted octanol–water partition coefficient (Wildman–Crippen LogP) is 3.74. The number of amides is 1. The van der Waals surface area contributed by atoms with Gasteiger partial charge in [0.2, 0.25) is 0 Å². The Hall–Kier alpha value is -3.04. The molecule has 0 aliphatic rings. The second-order valence-electron chi connectivity index (χ2n) is 4.68. The summed E-state index contributed by atoms with van der Waals surface area (Å²) in [5.74, 6) is -1.14. The van der Waals surface area contributed by atoms with Crippen LogP contribution < -0.4 is 10.1 Å². The number of anilines is 1. The number of methoxy groups -OCH3 is 1. The SMILES string of the molecule is COc1ccc(/C=C(\C#N)C(=O)Nc2ccc(F)c(Cl)c2)cc1O. The van der Waals surface area contributed by atoms with Crippen LogP contribution in [0.1, 0.15) is 5.56 Å². The molecule has 0 saturated carbocycles. The van der Waals surface area contributed by atoms with Crippen LogP contribution in [0.25, 0.3) is 6.08 Å². The van der Waals surface area contributed by atoms with Crippen LogP contribution in [0.15, 0.2) is 42.0 Å². The molecular weight excluding hydrogens is 335 g/mol. The van der Waals surface area contributed by atoms with E-state index in [0.29, 0.717) is 5.56 Å². The number of carbonyl (C=O) groups excluding carboxylic acids is 1. The van der Waals surface area contributed by atoms with Crippen molar-refractivity contribution < 1.29 is 19.0 Å². The fraction of sp³-hybridized carbons (Fsp3) is 0.0588. The van der Waals surface area contributed by atoms with Crippen molar-refractivity contribution in [2.75, 3.05) is 12.4 Å². The van der Waals surface area contributed by atoms with Gasteiger partial charge in [0.25, 0.3) is 5.91 Å². The number of halogens is 2. The second kappa shape index (κ2) is 7.49. The van der Waals surface area contributed by atoms with E-state index in [2.05, 4.69) is 5.32 Å². The smallest absolute Gasteiger partial charge is 0.266 e. The molecule has 0 fully saturated rings. The Bertz CT molecular complexity index is 859. The number of aromatic hydroxyl groups is 1. The molecule has 0 atom stereocenters. The third-order valence-corrected chi connectivity index (χ3v) is 3.35. The van der Waals surface area contributed by atoms with E-state index in [9.17, 15) is 14.3 Å². The number of benzene rings is 2. The largest absolute Gasteiger partial charge is 0.504 e. The van der Waals surface area contributed by atoms with Gasteiger partial charge < -0.3 is 15.2 Å². The minimum absolute atomic E-state index is 0.116. The lowest BCUT2D eigenvalue weighted by molar-refractivity contribution is -0.112. The summed E-state index contributed by atoms with van der Waals surface area (Å²) in [4.78, 5) is 12.1. The fourth-order valence-corrected chi connectivity index (χ4v) is 2.06. The minimum Gasteiger partial charge on any atom is -0.504 e. The maximum absolute atomic E-state index is 13.1. The maximum Gasteiger partial charge on any atom is 0.266 e. The Morgan fingerprint density at radius 1 is 1.38 bits per heavy atom. The summed E-state index contributed by atoms with van der Waals surface area (Å²) < 4.78 is 18.0. The van der Waals surface area contributed by atoms with Crippen molar-refractivity contribution in [3.05, 3.63) is 58.4 Å². The molecule has 0 bridgehead atoms. The summed E-state index contributed by atoms with van der Waals surface area (Å²) in [5.41, 5.74) is 0.502. The van der Waals surface area contributed by atoms with Crippen LogP contribution >= 0.6 is 11.6 Å². The first-order valence-electron chi connectivity index (χ1n) is 6.70. The summed E-state index contributed by atoms with van der Waals surface area (Å²) in [6.45, 7) is 0. The molecule has 122 valence electrons. The van der Waals surface area contributed by atoms with E-state index < -0.39 is 11.7 Å². The number of phenolic OH excluding ortho intramolecular Hbond substituents is 1. The average Bonchev–Trinajstić information content (AvgIpc) is 2.56. The van der Waals surface area contributed by atoms with Crippen molar-refractivity contribution >= 4 is 29.3 Å². The van der Waals surface area contributed by atoms with Gasteiger partial charge in [0.1, 0.15) is 17.5 Å². The molecule has 5 nitrogen and oxygen atoms in total. The molecule has 24 heavy (non-hydrogen) atoms. The Kier molecular flexibility index (Phi) is 5.40. The van der Waals surface area contributed by atoms with E-state index in [-0.39, 0.29) is 27.8 Å². The van der Waals surface area contributed by atoms with Gasteiger partial charge in [-0.25, -0.2) is 4.39 Å². The summed E-state index contributed by atoms with van der Waals surface area (Å²) >= 11 is 5.64. The molecule has 2 rings (SSSR count). The molecule has 0 aliphatic heterocycles. The number of nitrogens with one attached hydrogen (secondary N) is 1. The van der Waals surface area contributed by atoms with Crippen LogP contribution in [0.5, 0.6) is 11.5 Å². The maximum atomic E-state index is 13.1. The van der Waals surface area contributed by atoms with E-state index in [1.807, 2.05) is 0 Å². The zero-order valence-corrected chi connectivity index (χ0v) is 13.3. The number of nitrogens with zero attached hydrogens (tertiary/aromatic N) is 1. The average molecular weight is 347 g/mol. The zero-order valence-electron chi connectivity index (χ0n) is 12.5. The highest BCUT2D eigenvalue weighted by molar-refractivity contribution is 6.31. The zero-order chi connectivity index (χ0) is 17.7. The normalized spacial score (nSPS) is 10.8. The van der Waals surface area contributed by atoms with Crippen LogP contribution in [0.3, 0.4) is 0 Å². The number of ether oxygens (including phenoxy) is 1. The van der Waals surface area contributed by atoms with Gasteiger partial charge in [-0.15, -0.1) is 0 Å². The summed E-state index contributed by atoms with van der Waals surface area (Å²) in [7, 11) is 1.41. The van der Waals surface area contributed by atoms with Crippen molar-refractivity contribution in [2.24, 2.45) is 0 Å². The van der Waals surface area contributed by atoms with E-state index in [4.69, 9.17) is 21.6 Å². The van der Waals surface area contributed by atoms with E-state index in [1.54, 1.807) is 12.1 Å². The van der Waals surface area contributed by atoms with Gasteiger partial charge in [-0.3, -0.25) is 4.79 Å². The molecule has 2 aromatic carbocycles. The molecule has 2 aromatic rings. The van der Waals surface area contributed by atoms with Gasteiger partial charge in [-0.2, -0.15) is 5.26 Å². The Morgan fingerprint density at radius 2 is 2.12 bits per heavy atom. The Labute approximate surface area is 142 Å². The Balaban J connectivity index is 2.23. The van der Waals surface area contributed by atoms with Crippen LogP contribution in [-0.2, 0) is 4.79 Å². The molecule has 1 amide bonds. The van der Waals surface area contributed by atoms with Gasteiger partial charge in [0.15, 0.2) is 11.5 Å². The van der Waals surface area contributed by atoms with Gasteiger partial charge >= 0.3 is 0 Å². The molecule has 0 heterocycles. The second-order valence-corrected chi connectivity index (χ2v) is 5.09. The minimum atomic E-state index is -0.685. The lowest BCUT2D eigenvalue weighted by Crippen LogP contribution is -2.13. The molecule has 0 aromatic heterocycles. The van der Waals surface area contributed by atoms with Crippen molar-refractivity contribution in [3.8, 4) is 17.6 Å². The lowest BCUT2D eigenvalue weighted by atomic mass is 10.1. The third kappa shape index (κ3) is 4.03. The van der Waals surface area contributed by atoms with Gasteiger partial charge in [0, 0.05) is 5.69 Å². The number of hydrogen-bond donors (Lipinski definition) is 2. The van der Waals surface area contributed by atoms with Gasteiger partial charge in [0.05, 0.1) is 12.1 Å². The van der Waals surface area contributed by atoms with Crippen LogP contribution in [0.2, 0.25) is 5.02 Å². The molecule has 7 heteroatoms. The molecule has 0 aliphatic carbocycles. The highest BCUT2D eigenvalue weighted by Crippen LogP contribution is 2.27. The molecule has 0 unspecified atom stereocenters. The summed E-state index contributed by atoms with van der Waals surface area (Å²) in [5, 5.41) is 21.2. The standard InChI is InChI=1S/C17H12ClFN2O3/c1-24-16-5-2-10(7-15(16)22)6-11(9-20)17(23)21-12-3-4-14(19)13(18)8-12/h2-8,22H,1H3,(H,21,23)/b11-6+. The number of carbonyl (C=O) groups is 1. The predicted molar refractivity (Wildman–Crippen MR) is 88.3 cm³/mol. The molecular formula is C17H12ClFN2O3. The van der Waals surface area contributed by atoms with Crippen LogP contribution in [-0.4, -0.2) is 18.1 Å². The summed E-state index contributed by atoms with van der Waals surface area (Å²) in [6, 6.07) is 9.89. The summed E-state index contributed by atoms with van der Waals surface area (Å²) in [6.07, 6.45) is 1.31. The monoisotopic (exact) mass is 346 g/mol. The van der Waals surface area contributed by atoms with E-state index >= 15 is 0 Å². The first-order chi connectivity index (χ1) is 11.4. The van der Waals surface area contributed by atoms with Gasteiger partial charge in [-0.05, 0) is 42.0 Å². The van der Waals surface area contributed by atoms with Crippen molar-refractivity contribution in [3.63, 3.8) is 0 Å². The highest BCUT2D eigenvalue weighted by Gasteiger charge is 2.11. The van der Waals surface area contributed by atoms with Gasteiger partial charge in [-0.1, -0.05) is 17.7 Å². The first-order valence-corrected chi connectivity index (χ1v) is 7.07. The molecule has 0 radical (unpaired) electrons. The fourth-order valence-electron chi connectivity index (χ4n) is 1.88.